The maximum atomic E-state index is 12.5. The minimum absolute atomic E-state index is 0.115. The summed E-state index contributed by atoms with van der Waals surface area (Å²) in [5, 5.41) is 12.7. The summed E-state index contributed by atoms with van der Waals surface area (Å²) < 4.78 is 1.26. The van der Waals surface area contributed by atoms with Gasteiger partial charge in [-0.05, 0) is 25.5 Å². The van der Waals surface area contributed by atoms with E-state index in [1.54, 1.807) is 6.07 Å². The van der Waals surface area contributed by atoms with Crippen LogP contribution in [-0.2, 0) is 11.3 Å². The van der Waals surface area contributed by atoms with Crippen LogP contribution in [0, 0.1) is 0 Å². The zero-order chi connectivity index (χ0) is 14.1. The van der Waals surface area contributed by atoms with Crippen LogP contribution in [0.2, 0.25) is 0 Å². The quantitative estimate of drug-likeness (QED) is 0.834. The van der Waals surface area contributed by atoms with Gasteiger partial charge < -0.3 is 10.0 Å². The number of nitrogens with zero attached hydrogens (tertiary/aromatic N) is 4. The molecule has 2 aliphatic rings. The molecule has 1 aromatic rings. The van der Waals surface area contributed by atoms with E-state index in [4.69, 9.17) is 5.11 Å². The molecule has 20 heavy (non-hydrogen) atoms. The van der Waals surface area contributed by atoms with E-state index in [0.29, 0.717) is 18.3 Å². The number of piperazine rings is 1. The van der Waals surface area contributed by atoms with E-state index in [1.807, 2.05) is 4.90 Å². The molecule has 2 saturated heterocycles. The van der Waals surface area contributed by atoms with Gasteiger partial charge in [0.05, 0.1) is 0 Å². The van der Waals surface area contributed by atoms with Crippen LogP contribution in [0.25, 0.3) is 0 Å². The molecule has 0 radical (unpaired) electrons. The number of aliphatic carboxylic acids is 1. The first-order valence-electron chi connectivity index (χ1n) is 6.92. The predicted octanol–water partition coefficient (Wildman–Crippen LogP) is -0.112. The fourth-order valence-electron chi connectivity index (χ4n) is 3.11. The van der Waals surface area contributed by atoms with Crippen LogP contribution in [0.15, 0.2) is 12.3 Å². The first-order chi connectivity index (χ1) is 9.65. The third-order valence-electron chi connectivity index (χ3n) is 4.10. The summed E-state index contributed by atoms with van der Waals surface area (Å²) in [4.78, 5) is 27.5. The molecule has 2 fully saturated rings. The molecule has 1 N–H and O–H groups in total. The summed E-state index contributed by atoms with van der Waals surface area (Å²) in [5.41, 5.74) is 0.360. The Balaban J connectivity index is 1.72. The van der Waals surface area contributed by atoms with Crippen LogP contribution in [0.3, 0.4) is 0 Å². The third-order valence-corrected chi connectivity index (χ3v) is 4.10. The van der Waals surface area contributed by atoms with Crippen molar-refractivity contribution in [1.82, 2.24) is 19.6 Å². The number of fused-ring (bicyclic) bond motifs is 1. The molecule has 0 aromatic carbocycles. The highest BCUT2D eigenvalue weighted by molar-refractivity contribution is 5.93. The molecule has 2 aliphatic heterocycles. The fourth-order valence-corrected chi connectivity index (χ4v) is 3.11. The lowest BCUT2D eigenvalue weighted by molar-refractivity contribution is -0.137. The van der Waals surface area contributed by atoms with Gasteiger partial charge in [0.25, 0.3) is 5.91 Å². The van der Waals surface area contributed by atoms with Crippen molar-refractivity contribution >= 4 is 11.9 Å². The molecule has 7 nitrogen and oxygen atoms in total. The number of carbonyl (C=O) groups is 2. The summed E-state index contributed by atoms with van der Waals surface area (Å²) in [5.74, 6) is -1.11. The zero-order valence-corrected chi connectivity index (χ0v) is 11.2. The number of amides is 1. The molecule has 0 saturated carbocycles. The van der Waals surface area contributed by atoms with Crippen LogP contribution in [-0.4, -0.2) is 68.8 Å². The molecule has 1 aromatic heterocycles. The van der Waals surface area contributed by atoms with Crippen molar-refractivity contribution in [3.05, 3.63) is 18.0 Å². The fraction of sp³-hybridized carbons (Fsp3) is 0.615. The number of aromatic nitrogens is 2. The standard InChI is InChI=1S/C13H18N4O3/c18-12(19)9-17-11(3-4-14-17)13(20)16-7-6-15-5-1-2-10(15)8-16/h3-4,10H,1-2,5-9H2,(H,18,19). The van der Waals surface area contributed by atoms with Crippen LogP contribution >= 0.6 is 0 Å². The lowest BCUT2D eigenvalue weighted by Gasteiger charge is -2.37. The largest absolute Gasteiger partial charge is 0.480 e. The Morgan fingerprint density at radius 2 is 2.20 bits per heavy atom. The number of rotatable bonds is 3. The molecular weight excluding hydrogens is 260 g/mol. The Hall–Kier alpha value is -1.89. The Labute approximate surface area is 116 Å². The zero-order valence-electron chi connectivity index (χ0n) is 11.2. The van der Waals surface area contributed by atoms with Gasteiger partial charge in [-0.3, -0.25) is 14.5 Å². The van der Waals surface area contributed by atoms with Crippen LogP contribution in [0.5, 0.6) is 0 Å². The molecule has 1 atom stereocenters. The third kappa shape index (κ3) is 2.40. The van der Waals surface area contributed by atoms with Crippen molar-refractivity contribution in [3.8, 4) is 0 Å². The van der Waals surface area contributed by atoms with Gasteiger partial charge >= 0.3 is 5.97 Å². The van der Waals surface area contributed by atoms with Crippen LogP contribution in [0.1, 0.15) is 23.3 Å². The summed E-state index contributed by atoms with van der Waals surface area (Å²) in [6.07, 6.45) is 3.81. The molecule has 7 heteroatoms. The number of hydrogen-bond donors (Lipinski definition) is 1. The van der Waals surface area contributed by atoms with E-state index >= 15 is 0 Å². The van der Waals surface area contributed by atoms with Gasteiger partial charge in [-0.15, -0.1) is 0 Å². The van der Waals surface area contributed by atoms with E-state index in [9.17, 15) is 9.59 Å². The van der Waals surface area contributed by atoms with Gasteiger partial charge in [-0.2, -0.15) is 5.10 Å². The van der Waals surface area contributed by atoms with Crippen molar-refractivity contribution in [2.45, 2.75) is 25.4 Å². The topological polar surface area (TPSA) is 78.7 Å². The lowest BCUT2D eigenvalue weighted by atomic mass is 10.1. The van der Waals surface area contributed by atoms with Gasteiger partial charge in [0, 0.05) is 31.9 Å². The number of carboxylic acid groups (broad SMARTS) is 1. The summed E-state index contributed by atoms with van der Waals surface area (Å²) in [7, 11) is 0. The van der Waals surface area contributed by atoms with Crippen molar-refractivity contribution in [1.29, 1.82) is 0 Å². The van der Waals surface area contributed by atoms with Crippen molar-refractivity contribution in [2.75, 3.05) is 26.2 Å². The molecule has 108 valence electrons. The van der Waals surface area contributed by atoms with Gasteiger partial charge in [-0.25, -0.2) is 4.68 Å². The summed E-state index contributed by atoms with van der Waals surface area (Å²) in [6.45, 7) is 3.19. The summed E-state index contributed by atoms with van der Waals surface area (Å²) in [6, 6.07) is 2.05. The average Bonchev–Trinajstić information content (AvgIpc) is 3.04. The van der Waals surface area contributed by atoms with E-state index in [-0.39, 0.29) is 12.5 Å². The highest BCUT2D eigenvalue weighted by Gasteiger charge is 2.33. The van der Waals surface area contributed by atoms with E-state index in [1.165, 1.54) is 17.3 Å². The second-order valence-electron chi connectivity index (χ2n) is 5.35. The Morgan fingerprint density at radius 3 is 3.00 bits per heavy atom. The van der Waals surface area contributed by atoms with E-state index in [0.717, 1.165) is 26.1 Å². The van der Waals surface area contributed by atoms with Crippen LogP contribution < -0.4 is 0 Å². The van der Waals surface area contributed by atoms with Gasteiger partial charge in [-0.1, -0.05) is 0 Å². The molecule has 0 spiro atoms. The highest BCUT2D eigenvalue weighted by atomic mass is 16.4. The molecule has 1 amide bonds. The second kappa shape index (κ2) is 5.24. The number of hydrogen-bond acceptors (Lipinski definition) is 4. The Bertz CT molecular complexity index is 527. The predicted molar refractivity (Wildman–Crippen MR) is 70.4 cm³/mol. The minimum Gasteiger partial charge on any atom is -0.480 e. The van der Waals surface area contributed by atoms with Crippen molar-refractivity contribution in [3.63, 3.8) is 0 Å². The normalized spacial score (nSPS) is 22.8. The molecule has 1 unspecified atom stereocenters. The number of carbonyl (C=O) groups excluding carboxylic acids is 1. The van der Waals surface area contributed by atoms with Gasteiger partial charge in [0.15, 0.2) is 0 Å². The SMILES string of the molecule is O=C(O)Cn1nccc1C(=O)N1CCN2CCCC2C1. The minimum atomic E-state index is -0.997. The summed E-state index contributed by atoms with van der Waals surface area (Å²) >= 11 is 0. The van der Waals surface area contributed by atoms with Gasteiger partial charge in [0.1, 0.15) is 12.2 Å². The molecule has 3 rings (SSSR count). The van der Waals surface area contributed by atoms with Gasteiger partial charge in [0.2, 0.25) is 0 Å². The second-order valence-corrected chi connectivity index (χ2v) is 5.35. The molecule has 0 bridgehead atoms. The monoisotopic (exact) mass is 278 g/mol. The first-order valence-corrected chi connectivity index (χ1v) is 6.92. The number of carboxylic acids is 1. The Morgan fingerprint density at radius 1 is 1.35 bits per heavy atom. The average molecular weight is 278 g/mol. The maximum absolute atomic E-state index is 12.5. The highest BCUT2D eigenvalue weighted by Crippen LogP contribution is 2.22. The lowest BCUT2D eigenvalue weighted by Crippen LogP contribution is -2.52. The first kappa shape index (κ1) is 13.1. The van der Waals surface area contributed by atoms with Crippen molar-refractivity contribution in [2.24, 2.45) is 0 Å². The smallest absolute Gasteiger partial charge is 0.325 e. The van der Waals surface area contributed by atoms with E-state index < -0.39 is 5.97 Å². The maximum Gasteiger partial charge on any atom is 0.325 e. The van der Waals surface area contributed by atoms with E-state index in [2.05, 4.69) is 10.00 Å². The molecule has 3 heterocycles. The Kier molecular flexibility index (Phi) is 3.43. The van der Waals surface area contributed by atoms with Crippen LogP contribution in [0.4, 0.5) is 0 Å². The van der Waals surface area contributed by atoms with Crippen molar-refractivity contribution < 1.29 is 14.7 Å². The molecule has 0 aliphatic carbocycles. The molecular formula is C13H18N4O3.